The molecule has 0 bridgehead atoms. The lowest BCUT2D eigenvalue weighted by molar-refractivity contribution is -0.138. The van der Waals surface area contributed by atoms with Gasteiger partial charge in [0.1, 0.15) is 5.82 Å². The summed E-state index contributed by atoms with van der Waals surface area (Å²) in [5.74, 6) is 0.473. The average molecular weight is 439 g/mol. The van der Waals surface area contributed by atoms with Crippen molar-refractivity contribution >= 4 is 29.0 Å². The standard InChI is InChI=1S/C21H22ClF3N4O/c22-16-4-5-17(21(23,24)25)15(10-16)13-29-9-6-26-19-18(29)11-14(12-27-19)20(30)28-7-2-1-3-8-28/h4-5,10-12H,1-3,6-9,13H2,(H,26,27). The summed E-state index contributed by atoms with van der Waals surface area (Å²) in [5, 5.41) is 3.40. The maximum absolute atomic E-state index is 13.5. The molecule has 5 nitrogen and oxygen atoms in total. The third kappa shape index (κ3) is 4.33. The largest absolute Gasteiger partial charge is 0.416 e. The van der Waals surface area contributed by atoms with Gasteiger partial charge in [-0.3, -0.25) is 4.79 Å². The van der Waals surface area contributed by atoms with Gasteiger partial charge in [-0.05, 0) is 49.1 Å². The predicted octanol–water partition coefficient (Wildman–Crippen LogP) is 4.81. The first-order valence-corrected chi connectivity index (χ1v) is 10.3. The highest BCUT2D eigenvalue weighted by atomic mass is 35.5. The molecule has 1 aromatic heterocycles. The molecule has 0 aliphatic carbocycles. The van der Waals surface area contributed by atoms with Gasteiger partial charge >= 0.3 is 6.18 Å². The van der Waals surface area contributed by atoms with Crippen LogP contribution >= 0.6 is 11.6 Å². The molecular formula is C21H22ClF3N4O. The van der Waals surface area contributed by atoms with Gasteiger partial charge < -0.3 is 15.1 Å². The number of aromatic nitrogens is 1. The molecule has 4 rings (SSSR count). The van der Waals surface area contributed by atoms with Gasteiger partial charge in [0.2, 0.25) is 0 Å². The topological polar surface area (TPSA) is 48.5 Å². The van der Waals surface area contributed by atoms with E-state index in [9.17, 15) is 18.0 Å². The van der Waals surface area contributed by atoms with Gasteiger partial charge in [0, 0.05) is 43.9 Å². The number of pyridine rings is 1. The summed E-state index contributed by atoms with van der Waals surface area (Å²) in [6.07, 6.45) is 0.137. The van der Waals surface area contributed by atoms with Crippen LogP contribution in [-0.2, 0) is 12.7 Å². The number of likely N-dealkylation sites (tertiary alicyclic amines) is 1. The summed E-state index contributed by atoms with van der Waals surface area (Å²) < 4.78 is 40.4. The minimum Gasteiger partial charge on any atom is -0.367 e. The molecule has 1 saturated heterocycles. The minimum absolute atomic E-state index is 0.0210. The van der Waals surface area contributed by atoms with Gasteiger partial charge in [-0.1, -0.05) is 11.6 Å². The Kier molecular flexibility index (Phi) is 5.77. The van der Waals surface area contributed by atoms with Crippen molar-refractivity contribution < 1.29 is 18.0 Å². The predicted molar refractivity (Wildman–Crippen MR) is 110 cm³/mol. The molecule has 2 aliphatic rings. The molecule has 0 spiro atoms. The van der Waals surface area contributed by atoms with Crippen LogP contribution < -0.4 is 10.2 Å². The van der Waals surface area contributed by atoms with Crippen molar-refractivity contribution in [3.8, 4) is 0 Å². The summed E-state index contributed by atoms with van der Waals surface area (Å²) in [6, 6.07) is 5.33. The number of nitrogens with zero attached hydrogens (tertiary/aromatic N) is 3. The zero-order valence-electron chi connectivity index (χ0n) is 16.3. The molecule has 1 fully saturated rings. The Hall–Kier alpha value is -2.48. The van der Waals surface area contributed by atoms with E-state index in [4.69, 9.17) is 11.6 Å². The molecule has 0 radical (unpaired) electrons. The van der Waals surface area contributed by atoms with Crippen LogP contribution in [0.15, 0.2) is 30.5 Å². The number of alkyl halides is 3. The van der Waals surface area contributed by atoms with Crippen LogP contribution in [0.1, 0.15) is 40.7 Å². The van der Waals surface area contributed by atoms with Crippen molar-refractivity contribution in [1.29, 1.82) is 0 Å². The molecule has 9 heteroatoms. The number of anilines is 2. The fourth-order valence-electron chi connectivity index (χ4n) is 4.00. The number of carbonyl (C=O) groups is 1. The fraction of sp³-hybridized carbons (Fsp3) is 0.429. The third-order valence-electron chi connectivity index (χ3n) is 5.51. The number of halogens is 4. The number of amides is 1. The van der Waals surface area contributed by atoms with Crippen molar-refractivity contribution in [2.75, 3.05) is 36.4 Å². The van der Waals surface area contributed by atoms with E-state index < -0.39 is 11.7 Å². The number of piperidine rings is 1. The Morgan fingerprint density at radius 2 is 1.90 bits per heavy atom. The number of hydrogen-bond donors (Lipinski definition) is 1. The molecule has 2 aliphatic heterocycles. The van der Waals surface area contributed by atoms with Crippen LogP contribution in [0.5, 0.6) is 0 Å². The Labute approximate surface area is 177 Å². The van der Waals surface area contributed by atoms with Gasteiger partial charge in [0.05, 0.1) is 16.8 Å². The van der Waals surface area contributed by atoms with E-state index in [2.05, 4.69) is 10.3 Å². The van der Waals surface area contributed by atoms with E-state index in [-0.39, 0.29) is 23.0 Å². The number of rotatable bonds is 3. The molecular weight excluding hydrogens is 417 g/mol. The lowest BCUT2D eigenvalue weighted by atomic mass is 10.1. The van der Waals surface area contributed by atoms with Crippen molar-refractivity contribution in [3.05, 3.63) is 52.2 Å². The molecule has 3 heterocycles. The highest BCUT2D eigenvalue weighted by molar-refractivity contribution is 6.30. The first-order valence-electron chi connectivity index (χ1n) is 9.97. The number of fused-ring (bicyclic) bond motifs is 1. The van der Waals surface area contributed by atoms with Crippen LogP contribution in [0, 0.1) is 0 Å². The van der Waals surface area contributed by atoms with Crippen LogP contribution in [0.3, 0.4) is 0 Å². The second-order valence-electron chi connectivity index (χ2n) is 7.59. The smallest absolute Gasteiger partial charge is 0.367 e. The van der Waals surface area contributed by atoms with Crippen LogP contribution in [0.25, 0.3) is 0 Å². The quantitative estimate of drug-likeness (QED) is 0.747. The second-order valence-corrected chi connectivity index (χ2v) is 8.03. The van der Waals surface area contributed by atoms with E-state index in [1.807, 2.05) is 9.80 Å². The normalized spacial score (nSPS) is 16.8. The summed E-state index contributed by atoms with van der Waals surface area (Å²) in [7, 11) is 0. The van der Waals surface area contributed by atoms with Gasteiger partial charge in [-0.25, -0.2) is 4.98 Å². The lowest BCUT2D eigenvalue weighted by Crippen LogP contribution is -2.37. The SMILES string of the molecule is O=C(c1cnc2c(c1)N(Cc1cc(Cl)ccc1C(F)(F)F)CCN2)N1CCCCC1. The Morgan fingerprint density at radius 1 is 1.13 bits per heavy atom. The van der Waals surface area contributed by atoms with Gasteiger partial charge in [0.15, 0.2) is 0 Å². The average Bonchev–Trinajstić information content (AvgIpc) is 2.73. The Balaban J connectivity index is 1.64. The Bertz CT molecular complexity index is 944. The number of hydrogen-bond acceptors (Lipinski definition) is 4. The molecule has 0 saturated carbocycles. The van der Waals surface area contributed by atoms with E-state index >= 15 is 0 Å². The zero-order chi connectivity index (χ0) is 21.3. The molecule has 0 atom stereocenters. The maximum atomic E-state index is 13.5. The van der Waals surface area contributed by atoms with Gasteiger partial charge in [-0.15, -0.1) is 0 Å². The maximum Gasteiger partial charge on any atom is 0.416 e. The summed E-state index contributed by atoms with van der Waals surface area (Å²) in [6.45, 7) is 2.49. The molecule has 2 aromatic rings. The summed E-state index contributed by atoms with van der Waals surface area (Å²) >= 11 is 5.98. The monoisotopic (exact) mass is 438 g/mol. The number of nitrogens with one attached hydrogen (secondary N) is 1. The van der Waals surface area contributed by atoms with E-state index in [0.717, 1.165) is 38.4 Å². The van der Waals surface area contributed by atoms with Crippen molar-refractivity contribution in [2.45, 2.75) is 32.0 Å². The lowest BCUT2D eigenvalue weighted by Gasteiger charge is -2.33. The first-order chi connectivity index (χ1) is 14.3. The molecule has 1 N–H and O–H groups in total. The number of benzene rings is 1. The van der Waals surface area contributed by atoms with E-state index in [1.165, 1.54) is 18.3 Å². The molecule has 160 valence electrons. The molecule has 1 amide bonds. The van der Waals surface area contributed by atoms with Gasteiger partial charge in [-0.2, -0.15) is 13.2 Å². The van der Waals surface area contributed by atoms with Crippen molar-refractivity contribution in [1.82, 2.24) is 9.88 Å². The van der Waals surface area contributed by atoms with Gasteiger partial charge in [0.25, 0.3) is 5.91 Å². The second kappa shape index (κ2) is 8.34. The highest BCUT2D eigenvalue weighted by Crippen LogP contribution is 2.36. The van der Waals surface area contributed by atoms with Crippen molar-refractivity contribution in [2.24, 2.45) is 0 Å². The molecule has 1 aromatic carbocycles. The zero-order valence-corrected chi connectivity index (χ0v) is 17.1. The van der Waals surface area contributed by atoms with E-state index in [1.54, 1.807) is 6.07 Å². The minimum atomic E-state index is -4.47. The van der Waals surface area contributed by atoms with E-state index in [0.29, 0.717) is 30.2 Å². The van der Waals surface area contributed by atoms with Crippen LogP contribution in [-0.4, -0.2) is 42.0 Å². The number of carbonyl (C=O) groups excluding carboxylic acids is 1. The summed E-state index contributed by atoms with van der Waals surface area (Å²) in [5.41, 5.74) is 0.458. The highest BCUT2D eigenvalue weighted by Gasteiger charge is 2.34. The molecule has 30 heavy (non-hydrogen) atoms. The van der Waals surface area contributed by atoms with Crippen LogP contribution in [0.4, 0.5) is 24.7 Å². The molecule has 0 unspecified atom stereocenters. The Morgan fingerprint density at radius 3 is 2.63 bits per heavy atom. The van der Waals surface area contributed by atoms with Crippen LogP contribution in [0.2, 0.25) is 5.02 Å². The van der Waals surface area contributed by atoms with Crippen molar-refractivity contribution in [3.63, 3.8) is 0 Å². The fourth-order valence-corrected chi connectivity index (χ4v) is 4.19. The summed E-state index contributed by atoms with van der Waals surface area (Å²) in [4.78, 5) is 20.9. The third-order valence-corrected chi connectivity index (χ3v) is 5.74. The first kappa shape index (κ1) is 20.8.